The van der Waals surface area contributed by atoms with E-state index in [1.54, 1.807) is 30.2 Å². The summed E-state index contributed by atoms with van der Waals surface area (Å²) in [5, 5.41) is 2.86. The molecule has 0 spiro atoms. The Morgan fingerprint density at radius 3 is 2.65 bits per heavy atom. The van der Waals surface area contributed by atoms with Crippen molar-refractivity contribution in [2.45, 2.75) is 32.7 Å². The van der Waals surface area contributed by atoms with Crippen LogP contribution in [0.1, 0.15) is 31.9 Å². The van der Waals surface area contributed by atoms with Crippen LogP contribution >= 0.6 is 0 Å². The van der Waals surface area contributed by atoms with Crippen LogP contribution in [0.2, 0.25) is 0 Å². The SMILES string of the molecule is CCOC(=O)CCc1ccc(NC(=O)[C@@H](C)n2ccnc2)cc1. The summed E-state index contributed by atoms with van der Waals surface area (Å²) in [6, 6.07) is 7.13. The third kappa shape index (κ3) is 4.95. The van der Waals surface area contributed by atoms with Gasteiger partial charge in [-0.05, 0) is 38.0 Å². The first kappa shape index (κ1) is 16.7. The van der Waals surface area contributed by atoms with Crippen LogP contribution in [0.15, 0.2) is 43.0 Å². The highest BCUT2D eigenvalue weighted by Crippen LogP contribution is 2.14. The summed E-state index contributed by atoms with van der Waals surface area (Å²) in [4.78, 5) is 27.4. The molecule has 0 saturated heterocycles. The summed E-state index contributed by atoms with van der Waals surface area (Å²) < 4.78 is 6.64. The molecule has 0 bridgehead atoms. The third-order valence-corrected chi connectivity index (χ3v) is 3.50. The normalized spacial score (nSPS) is 11.7. The van der Waals surface area contributed by atoms with Gasteiger partial charge in [-0.1, -0.05) is 12.1 Å². The minimum absolute atomic E-state index is 0.109. The third-order valence-electron chi connectivity index (χ3n) is 3.50. The van der Waals surface area contributed by atoms with Crippen LogP contribution in [0.5, 0.6) is 0 Å². The fourth-order valence-corrected chi connectivity index (χ4v) is 2.11. The highest BCUT2D eigenvalue weighted by Gasteiger charge is 2.14. The first-order chi connectivity index (χ1) is 11.1. The van der Waals surface area contributed by atoms with Crippen molar-refractivity contribution in [3.8, 4) is 0 Å². The van der Waals surface area contributed by atoms with Gasteiger partial charge in [-0.2, -0.15) is 0 Å². The zero-order chi connectivity index (χ0) is 16.7. The number of carbonyl (C=O) groups is 2. The van der Waals surface area contributed by atoms with E-state index in [9.17, 15) is 9.59 Å². The van der Waals surface area contributed by atoms with Crippen molar-refractivity contribution in [2.24, 2.45) is 0 Å². The Bertz CT molecular complexity index is 636. The van der Waals surface area contributed by atoms with Crippen LogP contribution in [0, 0.1) is 0 Å². The lowest BCUT2D eigenvalue weighted by atomic mass is 10.1. The number of aromatic nitrogens is 2. The average Bonchev–Trinajstić information content (AvgIpc) is 3.08. The van der Waals surface area contributed by atoms with Gasteiger partial charge in [0.15, 0.2) is 0 Å². The van der Waals surface area contributed by atoms with Gasteiger partial charge < -0.3 is 14.6 Å². The second-order valence-electron chi connectivity index (χ2n) is 5.18. The summed E-state index contributed by atoms with van der Waals surface area (Å²) >= 11 is 0. The molecule has 1 atom stereocenters. The molecule has 0 radical (unpaired) electrons. The predicted octanol–water partition coefficient (Wildman–Crippen LogP) is 2.58. The molecular formula is C17H21N3O3. The van der Waals surface area contributed by atoms with Gasteiger partial charge >= 0.3 is 5.97 Å². The van der Waals surface area contributed by atoms with Crippen LogP contribution in [-0.4, -0.2) is 28.0 Å². The molecule has 6 nitrogen and oxygen atoms in total. The number of benzene rings is 1. The van der Waals surface area contributed by atoms with E-state index in [2.05, 4.69) is 10.3 Å². The topological polar surface area (TPSA) is 73.2 Å². The Morgan fingerprint density at radius 2 is 2.04 bits per heavy atom. The monoisotopic (exact) mass is 315 g/mol. The number of ether oxygens (including phenoxy) is 1. The maximum Gasteiger partial charge on any atom is 0.306 e. The maximum atomic E-state index is 12.2. The molecule has 1 heterocycles. The van der Waals surface area contributed by atoms with Crippen LogP contribution in [0.3, 0.4) is 0 Å². The van der Waals surface area contributed by atoms with Gasteiger partial charge in [0.2, 0.25) is 5.91 Å². The lowest BCUT2D eigenvalue weighted by Gasteiger charge is -2.13. The molecule has 0 aliphatic carbocycles. The van der Waals surface area contributed by atoms with E-state index in [0.29, 0.717) is 19.4 Å². The van der Waals surface area contributed by atoms with Crippen molar-refractivity contribution < 1.29 is 14.3 Å². The molecule has 0 aliphatic rings. The number of imidazole rings is 1. The zero-order valence-electron chi connectivity index (χ0n) is 13.4. The number of rotatable bonds is 7. The highest BCUT2D eigenvalue weighted by atomic mass is 16.5. The van der Waals surface area contributed by atoms with Gasteiger partial charge in [-0.15, -0.1) is 0 Å². The van der Waals surface area contributed by atoms with Crippen LogP contribution in [-0.2, 0) is 20.7 Å². The van der Waals surface area contributed by atoms with E-state index in [1.165, 1.54) is 0 Å². The van der Waals surface area contributed by atoms with E-state index < -0.39 is 0 Å². The molecular weight excluding hydrogens is 294 g/mol. The number of esters is 1. The molecule has 2 aromatic rings. The fourth-order valence-electron chi connectivity index (χ4n) is 2.11. The van der Waals surface area contributed by atoms with Crippen molar-refractivity contribution in [3.05, 3.63) is 48.5 Å². The van der Waals surface area contributed by atoms with Crippen molar-refractivity contribution in [2.75, 3.05) is 11.9 Å². The molecule has 1 amide bonds. The minimum Gasteiger partial charge on any atom is -0.466 e. The summed E-state index contributed by atoms with van der Waals surface area (Å²) in [5.41, 5.74) is 1.75. The molecule has 0 fully saturated rings. The highest BCUT2D eigenvalue weighted by molar-refractivity contribution is 5.93. The van der Waals surface area contributed by atoms with E-state index in [1.807, 2.05) is 31.2 Å². The second-order valence-corrected chi connectivity index (χ2v) is 5.18. The quantitative estimate of drug-likeness (QED) is 0.797. The Hall–Kier alpha value is -2.63. The fraction of sp³-hybridized carbons (Fsp3) is 0.353. The molecule has 1 aromatic carbocycles. The second kappa shape index (κ2) is 8.12. The number of anilines is 1. The average molecular weight is 315 g/mol. The van der Waals surface area contributed by atoms with Crippen molar-refractivity contribution in [3.63, 3.8) is 0 Å². The standard InChI is InChI=1S/C17H21N3O3/c1-3-23-16(21)9-6-14-4-7-15(8-5-14)19-17(22)13(2)20-11-10-18-12-20/h4-5,7-8,10-13H,3,6,9H2,1-2H3,(H,19,22)/t13-/m1/s1. The number of carbonyl (C=O) groups excluding carboxylic acids is 2. The molecule has 1 N–H and O–H groups in total. The van der Waals surface area contributed by atoms with Crippen LogP contribution < -0.4 is 5.32 Å². The largest absolute Gasteiger partial charge is 0.466 e. The number of nitrogens with one attached hydrogen (secondary N) is 1. The molecule has 0 unspecified atom stereocenters. The Labute approximate surface area is 135 Å². The molecule has 2 rings (SSSR count). The Morgan fingerprint density at radius 1 is 1.30 bits per heavy atom. The Balaban J connectivity index is 1.87. The number of nitrogens with zero attached hydrogens (tertiary/aromatic N) is 2. The van der Waals surface area contributed by atoms with Gasteiger partial charge in [0, 0.05) is 24.5 Å². The van der Waals surface area contributed by atoms with Crippen molar-refractivity contribution >= 4 is 17.6 Å². The van der Waals surface area contributed by atoms with Crippen LogP contribution in [0.4, 0.5) is 5.69 Å². The molecule has 122 valence electrons. The van der Waals surface area contributed by atoms with E-state index in [0.717, 1.165) is 11.3 Å². The summed E-state index contributed by atoms with van der Waals surface area (Å²) in [7, 11) is 0. The number of amides is 1. The summed E-state index contributed by atoms with van der Waals surface area (Å²) in [6.07, 6.45) is 5.99. The molecule has 1 aromatic heterocycles. The molecule has 6 heteroatoms. The van der Waals surface area contributed by atoms with Gasteiger partial charge in [0.1, 0.15) is 6.04 Å². The molecule has 0 aliphatic heterocycles. The smallest absolute Gasteiger partial charge is 0.306 e. The maximum absolute atomic E-state index is 12.2. The van der Waals surface area contributed by atoms with Gasteiger partial charge in [-0.25, -0.2) is 4.98 Å². The van der Waals surface area contributed by atoms with Gasteiger partial charge in [0.05, 0.1) is 12.9 Å². The zero-order valence-corrected chi connectivity index (χ0v) is 13.4. The Kier molecular flexibility index (Phi) is 5.91. The van der Waals surface area contributed by atoms with Crippen LogP contribution in [0.25, 0.3) is 0 Å². The lowest BCUT2D eigenvalue weighted by molar-refractivity contribution is -0.143. The number of hydrogen-bond donors (Lipinski definition) is 1. The lowest BCUT2D eigenvalue weighted by Crippen LogP contribution is -2.22. The first-order valence-electron chi connectivity index (χ1n) is 7.63. The number of aryl methyl sites for hydroxylation is 1. The van der Waals surface area contributed by atoms with Crippen molar-refractivity contribution in [1.82, 2.24) is 9.55 Å². The number of hydrogen-bond acceptors (Lipinski definition) is 4. The van der Waals surface area contributed by atoms with Gasteiger partial charge in [-0.3, -0.25) is 9.59 Å². The summed E-state index contributed by atoms with van der Waals surface area (Å²) in [5.74, 6) is -0.304. The van der Waals surface area contributed by atoms with Crippen molar-refractivity contribution in [1.29, 1.82) is 0 Å². The van der Waals surface area contributed by atoms with Gasteiger partial charge in [0.25, 0.3) is 0 Å². The first-order valence-corrected chi connectivity index (χ1v) is 7.63. The molecule has 0 saturated carbocycles. The minimum atomic E-state index is -0.332. The molecule has 23 heavy (non-hydrogen) atoms. The van der Waals surface area contributed by atoms with E-state index in [-0.39, 0.29) is 17.9 Å². The van der Waals surface area contributed by atoms with E-state index >= 15 is 0 Å². The predicted molar refractivity (Wildman–Crippen MR) is 87.0 cm³/mol. The summed E-state index contributed by atoms with van der Waals surface area (Å²) in [6.45, 7) is 4.00. The van der Waals surface area contributed by atoms with E-state index in [4.69, 9.17) is 4.74 Å².